The largest absolute Gasteiger partial charge is 0.444 e. The molecule has 0 spiro atoms. The smallest absolute Gasteiger partial charge is 0.214 e. The van der Waals surface area contributed by atoms with Crippen molar-refractivity contribution in [3.63, 3.8) is 0 Å². The molecule has 0 bridgehead atoms. The lowest BCUT2D eigenvalue weighted by Crippen LogP contribution is -2.48. The molecule has 2 aromatic rings. The fourth-order valence-corrected chi connectivity index (χ4v) is 3.57. The van der Waals surface area contributed by atoms with E-state index in [1.54, 1.807) is 7.05 Å². The van der Waals surface area contributed by atoms with Gasteiger partial charge in [0.05, 0.1) is 12.2 Å². The normalized spacial score (nSPS) is 16.1. The molecule has 6 nitrogen and oxygen atoms in total. The van der Waals surface area contributed by atoms with E-state index >= 15 is 0 Å². The number of aromatic nitrogens is 1. The van der Waals surface area contributed by atoms with Crippen LogP contribution in [0.1, 0.15) is 41.8 Å². The van der Waals surface area contributed by atoms with Crippen LogP contribution in [-0.4, -0.2) is 42.0 Å². The maximum absolute atomic E-state index is 5.62. The summed E-state index contributed by atoms with van der Waals surface area (Å²) in [6.07, 6.45) is 2.23. The lowest BCUT2D eigenvalue weighted by Gasteiger charge is -2.35. The Kier molecular flexibility index (Phi) is 6.50. The van der Waals surface area contributed by atoms with Gasteiger partial charge in [0.25, 0.3) is 0 Å². The molecular weight excluding hydrogens is 338 g/mol. The van der Waals surface area contributed by atoms with Crippen molar-refractivity contribution in [1.82, 2.24) is 20.5 Å². The van der Waals surface area contributed by atoms with Crippen LogP contribution in [0.4, 0.5) is 0 Å². The second-order valence-corrected chi connectivity index (χ2v) is 7.11. The molecule has 1 aromatic carbocycles. The van der Waals surface area contributed by atoms with Gasteiger partial charge in [-0.15, -0.1) is 0 Å². The van der Waals surface area contributed by atoms with Crippen LogP contribution in [-0.2, 0) is 19.5 Å². The first kappa shape index (κ1) is 19.4. The van der Waals surface area contributed by atoms with Crippen LogP contribution in [0.25, 0.3) is 0 Å². The molecule has 3 rings (SSSR count). The predicted molar refractivity (Wildman–Crippen MR) is 109 cm³/mol. The van der Waals surface area contributed by atoms with Crippen LogP contribution in [0, 0.1) is 13.8 Å². The van der Waals surface area contributed by atoms with Crippen LogP contribution in [0.3, 0.4) is 0 Å². The Balaban J connectivity index is 1.52. The molecule has 146 valence electrons. The zero-order valence-electron chi connectivity index (χ0n) is 16.9. The van der Waals surface area contributed by atoms with Gasteiger partial charge in [0.15, 0.2) is 5.96 Å². The van der Waals surface area contributed by atoms with Crippen molar-refractivity contribution in [2.75, 3.05) is 20.1 Å². The van der Waals surface area contributed by atoms with Gasteiger partial charge in [0.1, 0.15) is 5.76 Å². The summed E-state index contributed by atoms with van der Waals surface area (Å²) in [6.45, 7) is 9.67. The number of fused-ring (bicyclic) bond motifs is 1. The molecule has 0 saturated carbocycles. The number of aryl methyl sites for hydroxylation is 2. The molecule has 0 amide bonds. The third-order valence-electron chi connectivity index (χ3n) is 5.36. The summed E-state index contributed by atoms with van der Waals surface area (Å²) in [4.78, 5) is 11.3. The highest BCUT2D eigenvalue weighted by atomic mass is 16.4. The van der Waals surface area contributed by atoms with E-state index in [0.717, 1.165) is 49.9 Å². The van der Waals surface area contributed by atoms with Gasteiger partial charge >= 0.3 is 0 Å². The van der Waals surface area contributed by atoms with Gasteiger partial charge in [-0.25, -0.2) is 4.98 Å². The first-order chi connectivity index (χ1) is 13.1. The Hall–Kier alpha value is -2.34. The topological polar surface area (TPSA) is 65.7 Å². The summed E-state index contributed by atoms with van der Waals surface area (Å²) in [5, 5.41) is 6.75. The zero-order valence-corrected chi connectivity index (χ0v) is 16.9. The number of nitrogens with one attached hydrogen (secondary N) is 2. The Labute approximate surface area is 162 Å². The van der Waals surface area contributed by atoms with Crippen molar-refractivity contribution < 1.29 is 4.42 Å². The predicted octanol–water partition coefficient (Wildman–Crippen LogP) is 2.79. The highest BCUT2D eigenvalue weighted by molar-refractivity contribution is 5.79. The van der Waals surface area contributed by atoms with Crippen LogP contribution < -0.4 is 10.6 Å². The van der Waals surface area contributed by atoms with E-state index in [2.05, 4.69) is 56.7 Å². The molecule has 2 heterocycles. The average Bonchev–Trinajstić information content (AvgIpc) is 3.02. The van der Waals surface area contributed by atoms with E-state index in [1.165, 1.54) is 11.1 Å². The number of hydrogen-bond acceptors (Lipinski definition) is 4. The minimum absolute atomic E-state index is 0.475. The molecule has 0 fully saturated rings. The number of hydrogen-bond donors (Lipinski definition) is 2. The van der Waals surface area contributed by atoms with Gasteiger partial charge < -0.3 is 15.1 Å². The molecule has 1 atom stereocenters. The number of benzene rings is 1. The van der Waals surface area contributed by atoms with Gasteiger partial charge in [-0.1, -0.05) is 31.2 Å². The van der Waals surface area contributed by atoms with E-state index in [4.69, 9.17) is 4.42 Å². The second-order valence-electron chi connectivity index (χ2n) is 7.11. The quantitative estimate of drug-likeness (QED) is 0.605. The van der Waals surface area contributed by atoms with E-state index in [-0.39, 0.29) is 0 Å². The highest BCUT2D eigenvalue weighted by Crippen LogP contribution is 2.21. The maximum Gasteiger partial charge on any atom is 0.214 e. The van der Waals surface area contributed by atoms with Crippen LogP contribution >= 0.6 is 0 Å². The number of aliphatic imine (C=N–C) groups is 1. The lowest BCUT2D eigenvalue weighted by molar-refractivity contribution is 0.174. The second kappa shape index (κ2) is 9.04. The maximum atomic E-state index is 5.62. The summed E-state index contributed by atoms with van der Waals surface area (Å²) in [5.74, 6) is 2.33. The van der Waals surface area contributed by atoms with Crippen molar-refractivity contribution in [3.05, 3.63) is 52.7 Å². The Morgan fingerprint density at radius 3 is 2.70 bits per heavy atom. The molecular formula is C21H31N5O. The zero-order chi connectivity index (χ0) is 19.2. The molecule has 27 heavy (non-hydrogen) atoms. The molecule has 0 radical (unpaired) electrons. The molecule has 1 aliphatic rings. The fourth-order valence-electron chi connectivity index (χ4n) is 3.57. The standard InChI is InChI=1S/C21H31N5O/c1-5-19(26-11-10-17-8-6-7-9-18(17)14-26)12-23-21(22-4)24-13-20-25-15(2)16(3)27-20/h6-9,19H,5,10-14H2,1-4H3,(H2,22,23,24). The lowest BCUT2D eigenvalue weighted by atomic mass is 9.98. The van der Waals surface area contributed by atoms with E-state index < -0.39 is 0 Å². The van der Waals surface area contributed by atoms with Crippen LogP contribution in [0.2, 0.25) is 0 Å². The van der Waals surface area contributed by atoms with Gasteiger partial charge in [0.2, 0.25) is 5.89 Å². The summed E-state index contributed by atoms with van der Waals surface area (Å²) < 4.78 is 5.62. The molecule has 0 aliphatic carbocycles. The van der Waals surface area contributed by atoms with Crippen LogP contribution in [0.15, 0.2) is 33.7 Å². The molecule has 6 heteroatoms. The molecule has 0 saturated heterocycles. The van der Waals surface area contributed by atoms with Crippen molar-refractivity contribution in [2.45, 2.75) is 52.7 Å². The average molecular weight is 370 g/mol. The van der Waals surface area contributed by atoms with Crippen molar-refractivity contribution in [1.29, 1.82) is 0 Å². The van der Waals surface area contributed by atoms with Gasteiger partial charge in [-0.2, -0.15) is 0 Å². The Morgan fingerprint density at radius 2 is 2.04 bits per heavy atom. The fraction of sp³-hybridized carbons (Fsp3) is 0.524. The minimum Gasteiger partial charge on any atom is -0.444 e. The van der Waals surface area contributed by atoms with Crippen molar-refractivity contribution in [2.24, 2.45) is 4.99 Å². The number of rotatable bonds is 6. The molecule has 1 aliphatic heterocycles. The van der Waals surface area contributed by atoms with Gasteiger partial charge in [-0.3, -0.25) is 9.89 Å². The molecule has 1 unspecified atom stereocenters. The first-order valence-corrected chi connectivity index (χ1v) is 9.79. The third kappa shape index (κ3) is 4.89. The molecule has 1 aromatic heterocycles. The summed E-state index contributed by atoms with van der Waals surface area (Å²) in [5.41, 5.74) is 3.89. The Bertz CT molecular complexity index is 763. The van der Waals surface area contributed by atoms with Crippen molar-refractivity contribution in [3.8, 4) is 0 Å². The molecule has 2 N–H and O–H groups in total. The minimum atomic E-state index is 0.475. The van der Waals surface area contributed by atoms with Gasteiger partial charge in [-0.05, 0) is 37.8 Å². The number of nitrogens with zero attached hydrogens (tertiary/aromatic N) is 3. The van der Waals surface area contributed by atoms with E-state index in [0.29, 0.717) is 18.5 Å². The number of guanidine groups is 1. The third-order valence-corrected chi connectivity index (χ3v) is 5.36. The first-order valence-electron chi connectivity index (χ1n) is 9.79. The Morgan fingerprint density at radius 1 is 1.26 bits per heavy atom. The van der Waals surface area contributed by atoms with E-state index in [1.807, 2.05) is 13.8 Å². The summed E-state index contributed by atoms with van der Waals surface area (Å²) >= 11 is 0. The van der Waals surface area contributed by atoms with Gasteiger partial charge in [0, 0.05) is 32.7 Å². The highest BCUT2D eigenvalue weighted by Gasteiger charge is 2.22. The van der Waals surface area contributed by atoms with Crippen LogP contribution in [0.5, 0.6) is 0 Å². The van der Waals surface area contributed by atoms with Crippen molar-refractivity contribution >= 4 is 5.96 Å². The van der Waals surface area contributed by atoms with E-state index in [9.17, 15) is 0 Å². The SMILES string of the molecule is CCC(CNC(=NC)NCc1nc(C)c(C)o1)N1CCc2ccccc2C1. The summed E-state index contributed by atoms with van der Waals surface area (Å²) in [7, 11) is 1.79. The summed E-state index contributed by atoms with van der Waals surface area (Å²) in [6, 6.07) is 9.26. The monoisotopic (exact) mass is 369 g/mol. The number of oxazole rings is 1.